The van der Waals surface area contributed by atoms with E-state index in [4.69, 9.17) is 0 Å². The zero-order chi connectivity index (χ0) is 19.8. The number of piperazine rings is 1. The number of hydrogen-bond acceptors (Lipinski definition) is 6. The van der Waals surface area contributed by atoms with E-state index in [2.05, 4.69) is 32.5 Å². The van der Waals surface area contributed by atoms with Crippen LogP contribution in [0.3, 0.4) is 0 Å². The fraction of sp³-hybridized carbons (Fsp3) is 0.429. The fourth-order valence-corrected chi connectivity index (χ4v) is 4.33. The van der Waals surface area contributed by atoms with Crippen molar-refractivity contribution in [3.8, 4) is 0 Å². The van der Waals surface area contributed by atoms with Crippen molar-refractivity contribution >= 4 is 29.0 Å². The molecule has 29 heavy (non-hydrogen) atoms. The molecule has 0 unspecified atom stereocenters. The van der Waals surface area contributed by atoms with Gasteiger partial charge in [-0.2, -0.15) is 0 Å². The summed E-state index contributed by atoms with van der Waals surface area (Å²) in [7, 11) is 0. The van der Waals surface area contributed by atoms with E-state index in [1.807, 2.05) is 21.9 Å². The minimum atomic E-state index is -0.0627. The maximum Gasteiger partial charge on any atom is 0.274 e. The Balaban J connectivity index is 1.34. The molecule has 150 valence electrons. The van der Waals surface area contributed by atoms with Crippen LogP contribution < -0.4 is 15.1 Å². The normalized spacial score (nSPS) is 19.0. The van der Waals surface area contributed by atoms with Crippen LogP contribution in [0, 0.1) is 0 Å². The number of carbonyl (C=O) groups excluding carboxylic acids is 2. The van der Waals surface area contributed by atoms with Gasteiger partial charge in [0, 0.05) is 57.1 Å². The minimum absolute atomic E-state index is 0.0627. The average Bonchev–Trinajstić information content (AvgIpc) is 3.39. The molecule has 8 nitrogen and oxygen atoms in total. The first-order valence-electron chi connectivity index (χ1n) is 10.3. The number of rotatable bonds is 3. The molecule has 0 spiro atoms. The molecule has 4 heterocycles. The van der Waals surface area contributed by atoms with Crippen molar-refractivity contribution in [2.45, 2.75) is 19.3 Å². The highest BCUT2D eigenvalue weighted by Crippen LogP contribution is 2.36. The molecule has 5 rings (SSSR count). The molecule has 1 N–H and O–H groups in total. The van der Waals surface area contributed by atoms with Crippen LogP contribution in [0.5, 0.6) is 0 Å². The standard InChI is InChI=1S/C21H24N6O2/c28-20-2-1-10-26(20)16-3-5-18-15(14-16)7-11-27(18)19-6-4-17(23-24-19)21(29)25-12-8-22-9-13-25/h3-6,14,22H,1-2,7-13H2. The quantitative estimate of drug-likeness (QED) is 0.849. The third-order valence-corrected chi connectivity index (χ3v) is 5.89. The van der Waals surface area contributed by atoms with E-state index in [0.717, 1.165) is 56.2 Å². The van der Waals surface area contributed by atoms with E-state index in [9.17, 15) is 9.59 Å². The number of amides is 2. The van der Waals surface area contributed by atoms with Crippen molar-refractivity contribution in [2.75, 3.05) is 49.1 Å². The Bertz CT molecular complexity index is 939. The van der Waals surface area contributed by atoms with E-state index in [1.165, 1.54) is 5.56 Å². The third-order valence-electron chi connectivity index (χ3n) is 5.89. The average molecular weight is 392 g/mol. The lowest BCUT2D eigenvalue weighted by atomic mass is 10.1. The van der Waals surface area contributed by atoms with Gasteiger partial charge in [0.15, 0.2) is 11.5 Å². The van der Waals surface area contributed by atoms with Gasteiger partial charge in [-0.1, -0.05) is 0 Å². The van der Waals surface area contributed by atoms with Gasteiger partial charge >= 0.3 is 0 Å². The van der Waals surface area contributed by atoms with E-state index in [-0.39, 0.29) is 11.8 Å². The Kier molecular flexibility index (Phi) is 4.63. The van der Waals surface area contributed by atoms with Gasteiger partial charge in [0.05, 0.1) is 0 Å². The highest BCUT2D eigenvalue weighted by atomic mass is 16.2. The van der Waals surface area contributed by atoms with E-state index in [1.54, 1.807) is 6.07 Å². The van der Waals surface area contributed by atoms with Crippen LogP contribution >= 0.6 is 0 Å². The molecule has 2 saturated heterocycles. The maximum absolute atomic E-state index is 12.6. The lowest BCUT2D eigenvalue weighted by Gasteiger charge is -2.27. The third kappa shape index (κ3) is 3.33. The van der Waals surface area contributed by atoms with Crippen LogP contribution in [0.4, 0.5) is 17.2 Å². The van der Waals surface area contributed by atoms with Gasteiger partial charge in [0.25, 0.3) is 5.91 Å². The minimum Gasteiger partial charge on any atom is -0.335 e. The zero-order valence-electron chi connectivity index (χ0n) is 16.3. The second-order valence-corrected chi connectivity index (χ2v) is 7.68. The zero-order valence-corrected chi connectivity index (χ0v) is 16.3. The summed E-state index contributed by atoms with van der Waals surface area (Å²) in [6.45, 7) is 4.63. The molecule has 3 aliphatic heterocycles. The molecular weight excluding hydrogens is 368 g/mol. The predicted octanol–water partition coefficient (Wildman–Crippen LogP) is 1.34. The maximum atomic E-state index is 12.6. The Morgan fingerprint density at radius 3 is 2.52 bits per heavy atom. The van der Waals surface area contributed by atoms with Crippen LogP contribution in [-0.2, 0) is 11.2 Å². The second kappa shape index (κ2) is 7.44. The monoisotopic (exact) mass is 392 g/mol. The highest BCUT2D eigenvalue weighted by molar-refractivity contribution is 5.96. The Hall–Kier alpha value is -3.00. The number of anilines is 3. The summed E-state index contributed by atoms with van der Waals surface area (Å²) in [4.78, 5) is 30.4. The van der Waals surface area contributed by atoms with Gasteiger partial charge in [0.1, 0.15) is 0 Å². The van der Waals surface area contributed by atoms with Crippen molar-refractivity contribution in [1.82, 2.24) is 20.4 Å². The van der Waals surface area contributed by atoms with Gasteiger partial charge in [-0.3, -0.25) is 9.59 Å². The summed E-state index contributed by atoms with van der Waals surface area (Å²) in [6.07, 6.45) is 2.46. The van der Waals surface area contributed by atoms with Crippen LogP contribution in [0.15, 0.2) is 30.3 Å². The molecule has 1 aromatic carbocycles. The van der Waals surface area contributed by atoms with Crippen LogP contribution in [0.1, 0.15) is 28.9 Å². The van der Waals surface area contributed by atoms with E-state index in [0.29, 0.717) is 25.2 Å². The number of hydrogen-bond donors (Lipinski definition) is 1. The van der Waals surface area contributed by atoms with Crippen LogP contribution in [-0.4, -0.2) is 66.2 Å². The van der Waals surface area contributed by atoms with Gasteiger partial charge < -0.3 is 20.0 Å². The highest BCUT2D eigenvalue weighted by Gasteiger charge is 2.27. The molecule has 2 fully saturated rings. The SMILES string of the molecule is O=C(c1ccc(N2CCc3cc(N4CCCC4=O)ccc32)nn1)N1CCNCC1. The topological polar surface area (TPSA) is 81.7 Å². The number of nitrogens with zero attached hydrogens (tertiary/aromatic N) is 5. The van der Waals surface area contributed by atoms with Crippen molar-refractivity contribution in [3.63, 3.8) is 0 Å². The number of benzene rings is 1. The van der Waals surface area contributed by atoms with Gasteiger partial charge in [0.2, 0.25) is 5.91 Å². The van der Waals surface area contributed by atoms with Crippen LogP contribution in [0.25, 0.3) is 0 Å². The van der Waals surface area contributed by atoms with Gasteiger partial charge in [-0.15, -0.1) is 10.2 Å². The van der Waals surface area contributed by atoms with Crippen molar-refractivity contribution in [2.24, 2.45) is 0 Å². The second-order valence-electron chi connectivity index (χ2n) is 7.68. The first-order chi connectivity index (χ1) is 14.2. The number of fused-ring (bicyclic) bond motifs is 1. The van der Waals surface area contributed by atoms with Gasteiger partial charge in [-0.25, -0.2) is 0 Å². The largest absolute Gasteiger partial charge is 0.335 e. The first-order valence-corrected chi connectivity index (χ1v) is 10.3. The molecule has 0 radical (unpaired) electrons. The fourth-order valence-electron chi connectivity index (χ4n) is 4.33. The van der Waals surface area contributed by atoms with E-state index < -0.39 is 0 Å². The molecule has 3 aliphatic rings. The lowest BCUT2D eigenvalue weighted by molar-refractivity contribution is -0.117. The summed E-state index contributed by atoms with van der Waals surface area (Å²) in [5.41, 5.74) is 3.68. The summed E-state index contributed by atoms with van der Waals surface area (Å²) < 4.78 is 0. The molecule has 2 aromatic rings. The smallest absolute Gasteiger partial charge is 0.274 e. The molecule has 8 heteroatoms. The molecule has 0 bridgehead atoms. The van der Waals surface area contributed by atoms with Crippen LogP contribution in [0.2, 0.25) is 0 Å². The number of nitrogens with one attached hydrogen (secondary N) is 1. The summed E-state index contributed by atoms with van der Waals surface area (Å²) in [5.74, 6) is 0.883. The molecule has 1 aromatic heterocycles. The molecule has 0 atom stereocenters. The Morgan fingerprint density at radius 1 is 0.931 bits per heavy atom. The molecule has 0 saturated carbocycles. The van der Waals surface area contributed by atoms with Crippen molar-refractivity contribution < 1.29 is 9.59 Å². The number of aromatic nitrogens is 2. The van der Waals surface area contributed by atoms with Crippen molar-refractivity contribution in [1.29, 1.82) is 0 Å². The Morgan fingerprint density at radius 2 is 1.79 bits per heavy atom. The van der Waals surface area contributed by atoms with Crippen molar-refractivity contribution in [3.05, 3.63) is 41.6 Å². The van der Waals surface area contributed by atoms with E-state index >= 15 is 0 Å². The Labute approximate surface area is 169 Å². The summed E-state index contributed by atoms with van der Waals surface area (Å²) in [6, 6.07) is 9.83. The number of carbonyl (C=O) groups is 2. The predicted molar refractivity (Wildman–Crippen MR) is 110 cm³/mol. The lowest BCUT2D eigenvalue weighted by Crippen LogP contribution is -2.46. The summed E-state index contributed by atoms with van der Waals surface area (Å²) >= 11 is 0. The molecule has 0 aliphatic carbocycles. The molecule has 2 amide bonds. The van der Waals surface area contributed by atoms with Gasteiger partial charge in [-0.05, 0) is 48.7 Å². The summed E-state index contributed by atoms with van der Waals surface area (Å²) in [5, 5.41) is 11.8. The molecular formula is C21H24N6O2. The first kappa shape index (κ1) is 18.1.